The van der Waals surface area contributed by atoms with Crippen LogP contribution in [0.15, 0.2) is 41.3 Å². The third-order valence-corrected chi connectivity index (χ3v) is 8.06. The van der Waals surface area contributed by atoms with Crippen molar-refractivity contribution in [2.45, 2.75) is 38.7 Å². The molecular weight excluding hydrogens is 414 g/mol. The van der Waals surface area contributed by atoms with Gasteiger partial charge in [0, 0.05) is 38.8 Å². The Bertz CT molecular complexity index is 1110. The quantitative estimate of drug-likeness (QED) is 0.730. The Kier molecular flexibility index (Phi) is 5.70. The molecule has 1 atom stereocenters. The molecule has 0 bridgehead atoms. The van der Waals surface area contributed by atoms with Gasteiger partial charge >= 0.3 is 0 Å². The molecule has 1 unspecified atom stereocenters. The lowest BCUT2D eigenvalue weighted by atomic mass is 10.1. The van der Waals surface area contributed by atoms with Crippen LogP contribution in [0.2, 0.25) is 0 Å². The molecule has 1 saturated heterocycles. The number of carbonyl (C=O) groups is 1. The molecule has 0 aromatic heterocycles. The zero-order valence-corrected chi connectivity index (χ0v) is 19.3. The highest BCUT2D eigenvalue weighted by atomic mass is 32.2. The van der Waals surface area contributed by atoms with Crippen molar-refractivity contribution < 1.29 is 17.9 Å². The molecule has 0 N–H and O–H groups in total. The Balaban J connectivity index is 1.55. The van der Waals surface area contributed by atoms with Gasteiger partial charge in [0.2, 0.25) is 15.9 Å². The summed E-state index contributed by atoms with van der Waals surface area (Å²) in [6.45, 7) is 10.1. The van der Waals surface area contributed by atoms with E-state index >= 15 is 0 Å². The number of hydrogen-bond donors (Lipinski definition) is 0. The summed E-state index contributed by atoms with van der Waals surface area (Å²) >= 11 is 0. The van der Waals surface area contributed by atoms with Gasteiger partial charge in [0.1, 0.15) is 11.9 Å². The Hall–Kier alpha value is -2.58. The Morgan fingerprint density at radius 1 is 1.03 bits per heavy atom. The zero-order valence-electron chi connectivity index (χ0n) is 18.5. The number of rotatable bonds is 3. The van der Waals surface area contributed by atoms with Crippen LogP contribution in [0.5, 0.6) is 5.75 Å². The Morgan fingerprint density at radius 3 is 2.42 bits per heavy atom. The fourth-order valence-electron chi connectivity index (χ4n) is 4.27. The van der Waals surface area contributed by atoms with Crippen LogP contribution in [0.25, 0.3) is 0 Å². The van der Waals surface area contributed by atoms with Gasteiger partial charge in [-0.2, -0.15) is 4.31 Å². The summed E-state index contributed by atoms with van der Waals surface area (Å²) in [5.41, 5.74) is 4.13. The molecule has 1 amide bonds. The first-order chi connectivity index (χ1) is 14.7. The van der Waals surface area contributed by atoms with Crippen LogP contribution in [0.3, 0.4) is 0 Å². The topological polar surface area (TPSA) is 70.2 Å². The predicted octanol–water partition coefficient (Wildman–Crippen LogP) is 2.95. The lowest BCUT2D eigenvalue weighted by Gasteiger charge is -2.37. The van der Waals surface area contributed by atoms with E-state index in [9.17, 15) is 13.2 Å². The van der Waals surface area contributed by atoms with Crippen LogP contribution >= 0.6 is 0 Å². The average molecular weight is 444 g/mol. The number of ether oxygens (including phenoxy) is 1. The third kappa shape index (κ3) is 4.02. The first-order valence-electron chi connectivity index (χ1n) is 10.6. The maximum Gasteiger partial charge on any atom is 0.243 e. The van der Waals surface area contributed by atoms with Crippen molar-refractivity contribution in [2.75, 3.05) is 42.5 Å². The zero-order chi connectivity index (χ0) is 22.3. The van der Waals surface area contributed by atoms with Crippen molar-refractivity contribution >= 4 is 27.3 Å². The molecular formula is C23H29N3O4S. The minimum Gasteiger partial charge on any atom is -0.487 e. The molecule has 2 aliphatic rings. The van der Waals surface area contributed by atoms with Gasteiger partial charge in [-0.25, -0.2) is 8.42 Å². The molecule has 0 aliphatic carbocycles. The lowest BCUT2D eigenvalue weighted by Crippen LogP contribution is -2.49. The summed E-state index contributed by atoms with van der Waals surface area (Å²) in [4.78, 5) is 16.1. The van der Waals surface area contributed by atoms with Gasteiger partial charge in [-0.05, 0) is 56.2 Å². The van der Waals surface area contributed by atoms with Crippen molar-refractivity contribution in [2.24, 2.45) is 0 Å². The average Bonchev–Trinajstić information content (AvgIpc) is 2.74. The maximum absolute atomic E-state index is 13.3. The highest BCUT2D eigenvalue weighted by Gasteiger charge is 2.32. The second-order valence-electron chi connectivity index (χ2n) is 8.30. The summed E-state index contributed by atoms with van der Waals surface area (Å²) in [7, 11) is -3.67. The summed E-state index contributed by atoms with van der Waals surface area (Å²) in [5.74, 6) is 0.403. The van der Waals surface area contributed by atoms with Crippen LogP contribution < -0.4 is 14.5 Å². The second-order valence-corrected chi connectivity index (χ2v) is 10.2. The van der Waals surface area contributed by atoms with Crippen molar-refractivity contribution in [1.82, 2.24) is 4.31 Å². The molecule has 31 heavy (non-hydrogen) atoms. The number of nitrogens with zero attached hydrogens (tertiary/aromatic N) is 3. The smallest absolute Gasteiger partial charge is 0.243 e. The van der Waals surface area contributed by atoms with Crippen LogP contribution in [0, 0.1) is 13.8 Å². The number of sulfonamides is 1. The van der Waals surface area contributed by atoms with Gasteiger partial charge in [0.25, 0.3) is 0 Å². The monoisotopic (exact) mass is 443 g/mol. The van der Waals surface area contributed by atoms with Crippen LogP contribution in [-0.2, 0) is 14.8 Å². The first kappa shape index (κ1) is 21.6. The van der Waals surface area contributed by atoms with Gasteiger partial charge in [-0.1, -0.05) is 12.1 Å². The van der Waals surface area contributed by atoms with Crippen LogP contribution in [0.1, 0.15) is 25.0 Å². The molecule has 7 nitrogen and oxygen atoms in total. The highest BCUT2D eigenvalue weighted by molar-refractivity contribution is 7.89. The number of carbonyl (C=O) groups excluding carboxylic acids is 1. The third-order valence-electron chi connectivity index (χ3n) is 6.16. The minimum absolute atomic E-state index is 0.131. The number of anilines is 2. The molecule has 2 aliphatic heterocycles. The standard InChI is InChI=1S/C23H29N3O4S/c1-16-6-5-7-21(18(16)3)24-10-12-25(13-11-24)31(28,29)20-8-9-23-22(14-20)26(19(4)27)15-17(2)30-23/h5-9,14,17H,10-13,15H2,1-4H3. The van der Waals surface area contributed by atoms with Gasteiger partial charge < -0.3 is 14.5 Å². The molecule has 2 aromatic carbocycles. The van der Waals surface area contributed by atoms with E-state index in [1.54, 1.807) is 23.1 Å². The largest absolute Gasteiger partial charge is 0.487 e. The van der Waals surface area contributed by atoms with Crippen LogP contribution in [0.4, 0.5) is 11.4 Å². The van der Waals surface area contributed by atoms with E-state index in [0.29, 0.717) is 44.2 Å². The lowest BCUT2D eigenvalue weighted by molar-refractivity contribution is -0.117. The van der Waals surface area contributed by atoms with E-state index < -0.39 is 10.0 Å². The van der Waals surface area contributed by atoms with E-state index in [4.69, 9.17) is 4.74 Å². The summed E-state index contributed by atoms with van der Waals surface area (Å²) in [6.07, 6.45) is -0.142. The van der Waals surface area contributed by atoms with Gasteiger partial charge in [0.15, 0.2) is 0 Å². The second kappa shape index (κ2) is 8.16. The molecule has 0 spiro atoms. The molecule has 2 aromatic rings. The van der Waals surface area contributed by atoms with Gasteiger partial charge in [-0.15, -0.1) is 0 Å². The van der Waals surface area contributed by atoms with Crippen molar-refractivity contribution in [3.8, 4) is 5.75 Å². The summed E-state index contributed by atoms with van der Waals surface area (Å²) < 4.78 is 34.0. The molecule has 0 radical (unpaired) electrons. The van der Waals surface area contributed by atoms with E-state index in [2.05, 4.69) is 30.9 Å². The van der Waals surface area contributed by atoms with E-state index in [-0.39, 0.29) is 16.9 Å². The Labute approximate surface area is 184 Å². The number of fused-ring (bicyclic) bond motifs is 1. The number of piperazine rings is 1. The molecule has 1 fully saturated rings. The molecule has 0 saturated carbocycles. The summed E-state index contributed by atoms with van der Waals surface area (Å²) in [5, 5.41) is 0. The van der Waals surface area contributed by atoms with E-state index in [0.717, 1.165) is 5.69 Å². The number of aryl methyl sites for hydroxylation is 1. The molecule has 8 heteroatoms. The number of amides is 1. The SMILES string of the molecule is CC(=O)N1CC(C)Oc2ccc(S(=O)(=O)N3CCN(c4cccc(C)c4C)CC3)cc21. The van der Waals surface area contributed by atoms with Crippen molar-refractivity contribution in [1.29, 1.82) is 0 Å². The molecule has 2 heterocycles. The van der Waals surface area contributed by atoms with Crippen molar-refractivity contribution in [3.63, 3.8) is 0 Å². The van der Waals surface area contributed by atoms with Gasteiger partial charge in [-0.3, -0.25) is 4.79 Å². The van der Waals surface area contributed by atoms with Crippen molar-refractivity contribution in [3.05, 3.63) is 47.5 Å². The van der Waals surface area contributed by atoms with Gasteiger partial charge in [0.05, 0.1) is 17.1 Å². The highest BCUT2D eigenvalue weighted by Crippen LogP contribution is 2.36. The normalized spacial score (nSPS) is 19.7. The minimum atomic E-state index is -3.67. The van der Waals surface area contributed by atoms with E-state index in [1.165, 1.54) is 22.4 Å². The fraction of sp³-hybridized carbons (Fsp3) is 0.435. The maximum atomic E-state index is 13.3. The number of hydrogen-bond acceptors (Lipinski definition) is 5. The fourth-order valence-corrected chi connectivity index (χ4v) is 5.72. The predicted molar refractivity (Wildman–Crippen MR) is 121 cm³/mol. The van der Waals surface area contributed by atoms with Crippen LogP contribution in [-0.4, -0.2) is 57.5 Å². The molecule has 166 valence electrons. The number of benzene rings is 2. The Morgan fingerprint density at radius 2 is 1.74 bits per heavy atom. The van der Waals surface area contributed by atoms with E-state index in [1.807, 2.05) is 13.0 Å². The summed E-state index contributed by atoms with van der Waals surface area (Å²) in [6, 6.07) is 11.0. The molecule has 4 rings (SSSR count). The first-order valence-corrected chi connectivity index (χ1v) is 12.0.